The van der Waals surface area contributed by atoms with Gasteiger partial charge in [0.2, 0.25) is 0 Å². The van der Waals surface area contributed by atoms with E-state index < -0.39 is 0 Å². The molecule has 0 amide bonds. The van der Waals surface area contributed by atoms with Gasteiger partial charge in [0.25, 0.3) is 0 Å². The molecule has 1 aliphatic rings. The molecule has 1 N–H and O–H groups in total. The standard InChI is InChI=1S/C6H9NO3/c1-9-6(8)4-5-2-3-7-10-5/h2-3,5,7H,4H2,1H3. The van der Waals surface area contributed by atoms with Gasteiger partial charge in [-0.25, -0.2) is 0 Å². The maximum Gasteiger partial charge on any atom is 0.308 e. The smallest absolute Gasteiger partial charge is 0.308 e. The third-order valence-corrected chi connectivity index (χ3v) is 1.19. The summed E-state index contributed by atoms with van der Waals surface area (Å²) in [6.07, 6.45) is 3.50. The molecule has 56 valence electrons. The normalized spacial score (nSPS) is 22.3. The van der Waals surface area contributed by atoms with Crippen LogP contribution in [0, 0.1) is 0 Å². The third kappa shape index (κ3) is 1.73. The molecule has 0 aromatic carbocycles. The second kappa shape index (κ2) is 3.22. The zero-order chi connectivity index (χ0) is 7.40. The molecule has 0 radical (unpaired) electrons. The van der Waals surface area contributed by atoms with Gasteiger partial charge < -0.3 is 4.74 Å². The molecular formula is C6H9NO3. The second-order valence-corrected chi connectivity index (χ2v) is 1.91. The number of nitrogens with one attached hydrogen (secondary N) is 1. The molecule has 1 rings (SSSR count). The lowest BCUT2D eigenvalue weighted by molar-refractivity contribution is -0.143. The number of hydrogen-bond donors (Lipinski definition) is 1. The van der Waals surface area contributed by atoms with Gasteiger partial charge in [-0.15, -0.1) is 0 Å². The molecular weight excluding hydrogens is 134 g/mol. The van der Waals surface area contributed by atoms with Crippen LogP contribution in [0.4, 0.5) is 0 Å². The van der Waals surface area contributed by atoms with Crippen LogP contribution in [0.2, 0.25) is 0 Å². The fraction of sp³-hybridized carbons (Fsp3) is 0.500. The highest BCUT2D eigenvalue weighted by molar-refractivity contribution is 5.70. The van der Waals surface area contributed by atoms with E-state index in [0.717, 1.165) is 0 Å². The number of hydrogen-bond acceptors (Lipinski definition) is 4. The highest BCUT2D eigenvalue weighted by Crippen LogP contribution is 2.03. The Labute approximate surface area is 58.8 Å². The average molecular weight is 143 g/mol. The Kier molecular flexibility index (Phi) is 2.28. The SMILES string of the molecule is COC(=O)CC1C=CNO1. The monoisotopic (exact) mass is 143 g/mol. The average Bonchev–Trinajstić information content (AvgIpc) is 2.40. The lowest BCUT2D eigenvalue weighted by Gasteiger charge is -2.03. The molecule has 4 heteroatoms. The zero-order valence-electron chi connectivity index (χ0n) is 5.66. The van der Waals surface area contributed by atoms with Crippen molar-refractivity contribution >= 4 is 5.97 Å². The molecule has 0 aromatic heterocycles. The Hall–Kier alpha value is -1.03. The van der Waals surface area contributed by atoms with E-state index in [1.54, 1.807) is 12.3 Å². The quantitative estimate of drug-likeness (QED) is 0.551. The van der Waals surface area contributed by atoms with Crippen LogP contribution in [-0.2, 0) is 14.4 Å². The lowest BCUT2D eigenvalue weighted by atomic mass is 10.2. The number of rotatable bonds is 2. The number of carbonyl (C=O) groups is 1. The first kappa shape index (κ1) is 7.08. The van der Waals surface area contributed by atoms with Gasteiger partial charge in [0, 0.05) is 6.20 Å². The number of ether oxygens (including phenoxy) is 1. The summed E-state index contributed by atoms with van der Waals surface area (Å²) in [4.78, 5) is 15.5. The second-order valence-electron chi connectivity index (χ2n) is 1.91. The Morgan fingerprint density at radius 1 is 1.90 bits per heavy atom. The fourth-order valence-corrected chi connectivity index (χ4v) is 0.670. The Balaban J connectivity index is 2.24. The van der Waals surface area contributed by atoms with Gasteiger partial charge in [-0.2, -0.15) is 0 Å². The van der Waals surface area contributed by atoms with Crippen molar-refractivity contribution in [3.63, 3.8) is 0 Å². The maximum atomic E-state index is 10.6. The van der Waals surface area contributed by atoms with Crippen LogP contribution in [0.5, 0.6) is 0 Å². The minimum atomic E-state index is -0.265. The van der Waals surface area contributed by atoms with Crippen LogP contribution in [0.3, 0.4) is 0 Å². The van der Waals surface area contributed by atoms with E-state index in [0.29, 0.717) is 0 Å². The lowest BCUT2D eigenvalue weighted by Crippen LogP contribution is -2.16. The van der Waals surface area contributed by atoms with Crippen molar-refractivity contribution in [1.82, 2.24) is 5.48 Å². The largest absolute Gasteiger partial charge is 0.469 e. The first-order valence-corrected chi connectivity index (χ1v) is 2.97. The van der Waals surface area contributed by atoms with Gasteiger partial charge in [0.1, 0.15) is 6.10 Å². The molecule has 0 spiro atoms. The molecule has 4 nitrogen and oxygen atoms in total. The zero-order valence-corrected chi connectivity index (χ0v) is 5.66. The van der Waals surface area contributed by atoms with Crippen molar-refractivity contribution in [2.45, 2.75) is 12.5 Å². The van der Waals surface area contributed by atoms with E-state index in [9.17, 15) is 4.79 Å². The Morgan fingerprint density at radius 3 is 3.20 bits per heavy atom. The van der Waals surface area contributed by atoms with Gasteiger partial charge >= 0.3 is 5.97 Å². The number of methoxy groups -OCH3 is 1. The van der Waals surface area contributed by atoms with Gasteiger partial charge in [-0.1, -0.05) is 0 Å². The van der Waals surface area contributed by atoms with E-state index in [1.165, 1.54) is 7.11 Å². The van der Waals surface area contributed by atoms with Crippen LogP contribution >= 0.6 is 0 Å². The molecule has 0 saturated heterocycles. The molecule has 0 aliphatic carbocycles. The van der Waals surface area contributed by atoms with Crippen LogP contribution < -0.4 is 5.48 Å². The van der Waals surface area contributed by atoms with E-state index in [1.807, 2.05) is 0 Å². The highest BCUT2D eigenvalue weighted by Gasteiger charge is 2.14. The van der Waals surface area contributed by atoms with Gasteiger partial charge in [-0.3, -0.25) is 15.1 Å². The summed E-state index contributed by atoms with van der Waals surface area (Å²) in [5.74, 6) is -0.265. The molecule has 10 heavy (non-hydrogen) atoms. The van der Waals surface area contributed by atoms with Crippen LogP contribution in [0.1, 0.15) is 6.42 Å². The predicted molar refractivity (Wildman–Crippen MR) is 33.8 cm³/mol. The summed E-state index contributed by atoms with van der Waals surface area (Å²) in [6.45, 7) is 0. The number of esters is 1. The number of hydroxylamine groups is 1. The Bertz CT molecular complexity index is 155. The summed E-state index contributed by atoms with van der Waals surface area (Å²) in [7, 11) is 1.36. The van der Waals surface area contributed by atoms with Crippen LogP contribution in [0.25, 0.3) is 0 Å². The molecule has 0 saturated carbocycles. The summed E-state index contributed by atoms with van der Waals surface area (Å²) in [5, 5.41) is 0. The van der Waals surface area contributed by atoms with Crippen molar-refractivity contribution < 1.29 is 14.4 Å². The van der Waals surface area contributed by atoms with Crippen LogP contribution in [-0.4, -0.2) is 19.2 Å². The predicted octanol–water partition coefficient (Wildman–Crippen LogP) is -0.0334. The van der Waals surface area contributed by atoms with Gasteiger partial charge in [0.15, 0.2) is 0 Å². The van der Waals surface area contributed by atoms with Crippen molar-refractivity contribution in [3.8, 4) is 0 Å². The first-order chi connectivity index (χ1) is 4.83. The van der Waals surface area contributed by atoms with E-state index in [4.69, 9.17) is 4.84 Å². The molecule has 1 atom stereocenters. The molecule has 0 fully saturated rings. The van der Waals surface area contributed by atoms with Gasteiger partial charge in [0.05, 0.1) is 13.5 Å². The molecule has 1 heterocycles. The first-order valence-electron chi connectivity index (χ1n) is 2.97. The van der Waals surface area contributed by atoms with Crippen molar-refractivity contribution in [1.29, 1.82) is 0 Å². The number of carbonyl (C=O) groups excluding carboxylic acids is 1. The van der Waals surface area contributed by atoms with E-state index in [2.05, 4.69) is 10.2 Å². The van der Waals surface area contributed by atoms with E-state index >= 15 is 0 Å². The summed E-state index contributed by atoms with van der Waals surface area (Å²) < 4.78 is 4.43. The minimum Gasteiger partial charge on any atom is -0.469 e. The van der Waals surface area contributed by atoms with Gasteiger partial charge in [-0.05, 0) is 6.08 Å². The molecule has 1 unspecified atom stereocenters. The summed E-state index contributed by atoms with van der Waals surface area (Å²) in [5.41, 5.74) is 2.51. The fourth-order valence-electron chi connectivity index (χ4n) is 0.670. The topological polar surface area (TPSA) is 47.6 Å². The van der Waals surface area contributed by atoms with Crippen molar-refractivity contribution in [2.24, 2.45) is 0 Å². The summed E-state index contributed by atoms with van der Waals surface area (Å²) >= 11 is 0. The maximum absolute atomic E-state index is 10.6. The Morgan fingerprint density at radius 2 is 2.70 bits per heavy atom. The van der Waals surface area contributed by atoms with Crippen molar-refractivity contribution in [2.75, 3.05) is 7.11 Å². The van der Waals surface area contributed by atoms with Crippen LogP contribution in [0.15, 0.2) is 12.3 Å². The van der Waals surface area contributed by atoms with E-state index in [-0.39, 0.29) is 18.5 Å². The minimum absolute atomic E-state index is 0.174. The highest BCUT2D eigenvalue weighted by atomic mass is 16.7. The summed E-state index contributed by atoms with van der Waals surface area (Å²) in [6, 6.07) is 0. The molecule has 0 bridgehead atoms. The molecule has 1 aliphatic heterocycles. The van der Waals surface area contributed by atoms with Crippen molar-refractivity contribution in [3.05, 3.63) is 12.3 Å². The molecule has 0 aromatic rings. The third-order valence-electron chi connectivity index (χ3n) is 1.19.